The van der Waals surface area contributed by atoms with E-state index < -0.39 is 4.92 Å². The molecule has 5 nitrogen and oxygen atoms in total. The molecule has 0 aliphatic heterocycles. The molecule has 0 fully saturated rings. The summed E-state index contributed by atoms with van der Waals surface area (Å²) in [5, 5.41) is 14.0. The minimum Gasteiger partial charge on any atom is -0.490 e. The third-order valence-electron chi connectivity index (χ3n) is 2.99. The van der Waals surface area contributed by atoms with Gasteiger partial charge in [0.15, 0.2) is 5.75 Å². The predicted octanol–water partition coefficient (Wildman–Crippen LogP) is 3.03. The summed E-state index contributed by atoms with van der Waals surface area (Å²) in [6.45, 7) is 0.929. The second-order valence-corrected chi connectivity index (χ2v) is 4.50. The maximum atomic E-state index is 13.0. The van der Waals surface area contributed by atoms with E-state index in [0.29, 0.717) is 13.1 Å². The Morgan fingerprint density at radius 2 is 1.90 bits per heavy atom. The van der Waals surface area contributed by atoms with E-state index in [-0.39, 0.29) is 17.3 Å². The number of rotatable bonds is 6. The lowest BCUT2D eigenvalue weighted by molar-refractivity contribution is -0.385. The third kappa shape index (κ3) is 4.00. The number of nitrogens with zero attached hydrogens (tertiary/aromatic N) is 1. The molecule has 2 rings (SSSR count). The Morgan fingerprint density at radius 3 is 2.52 bits per heavy atom. The zero-order valence-corrected chi connectivity index (χ0v) is 11.5. The first kappa shape index (κ1) is 14.9. The predicted molar refractivity (Wildman–Crippen MR) is 76.6 cm³/mol. The maximum absolute atomic E-state index is 13.0. The molecule has 0 aliphatic carbocycles. The van der Waals surface area contributed by atoms with Gasteiger partial charge in [0.05, 0.1) is 12.0 Å². The van der Waals surface area contributed by atoms with Gasteiger partial charge in [-0.05, 0) is 29.3 Å². The summed E-state index contributed by atoms with van der Waals surface area (Å²) in [5.74, 6) is -0.0525. The van der Waals surface area contributed by atoms with Crippen molar-refractivity contribution >= 4 is 5.69 Å². The molecule has 0 aliphatic rings. The van der Waals surface area contributed by atoms with Gasteiger partial charge in [0, 0.05) is 19.2 Å². The molecule has 0 atom stereocenters. The number of nitro groups is 1. The first-order chi connectivity index (χ1) is 10.1. The molecule has 0 heterocycles. The van der Waals surface area contributed by atoms with Crippen LogP contribution in [0.2, 0.25) is 0 Å². The van der Waals surface area contributed by atoms with Crippen LogP contribution in [0, 0.1) is 15.9 Å². The molecule has 0 aromatic heterocycles. The number of hydrogen-bond acceptors (Lipinski definition) is 4. The van der Waals surface area contributed by atoms with Crippen LogP contribution in [0.25, 0.3) is 0 Å². The van der Waals surface area contributed by atoms with Gasteiger partial charge in [-0.1, -0.05) is 18.2 Å². The van der Waals surface area contributed by atoms with Crippen LogP contribution >= 0.6 is 0 Å². The van der Waals surface area contributed by atoms with Gasteiger partial charge in [0.1, 0.15) is 5.82 Å². The van der Waals surface area contributed by atoms with Crippen molar-refractivity contribution in [2.24, 2.45) is 0 Å². The summed E-state index contributed by atoms with van der Waals surface area (Å²) in [6.07, 6.45) is 0. The number of nitro benzene ring substituents is 1. The van der Waals surface area contributed by atoms with Crippen LogP contribution in [0.3, 0.4) is 0 Å². The third-order valence-corrected chi connectivity index (χ3v) is 2.99. The van der Waals surface area contributed by atoms with Crippen LogP contribution in [0.5, 0.6) is 5.75 Å². The molecule has 0 spiro atoms. The van der Waals surface area contributed by atoms with E-state index in [1.807, 2.05) is 6.07 Å². The highest BCUT2D eigenvalue weighted by Crippen LogP contribution is 2.27. The second-order valence-electron chi connectivity index (χ2n) is 4.50. The van der Waals surface area contributed by atoms with E-state index in [1.165, 1.54) is 25.3 Å². The lowest BCUT2D eigenvalue weighted by Gasteiger charge is -2.07. The summed E-state index contributed by atoms with van der Waals surface area (Å²) < 4.78 is 18.0. The fourth-order valence-electron chi connectivity index (χ4n) is 1.99. The fraction of sp³-hybridized carbons (Fsp3) is 0.200. The quantitative estimate of drug-likeness (QED) is 0.656. The van der Waals surface area contributed by atoms with Crippen molar-refractivity contribution in [3.8, 4) is 5.75 Å². The minimum atomic E-state index is -0.477. The van der Waals surface area contributed by atoms with Crippen LogP contribution in [0.15, 0.2) is 42.5 Å². The summed E-state index contributed by atoms with van der Waals surface area (Å²) >= 11 is 0. The van der Waals surface area contributed by atoms with Crippen molar-refractivity contribution in [1.29, 1.82) is 0 Å². The molecule has 0 saturated carbocycles. The second kappa shape index (κ2) is 6.81. The monoisotopic (exact) mass is 290 g/mol. The zero-order chi connectivity index (χ0) is 15.2. The van der Waals surface area contributed by atoms with Crippen molar-refractivity contribution in [1.82, 2.24) is 5.32 Å². The van der Waals surface area contributed by atoms with E-state index in [9.17, 15) is 14.5 Å². The minimum absolute atomic E-state index is 0.0671. The highest BCUT2D eigenvalue weighted by molar-refractivity contribution is 5.48. The lowest BCUT2D eigenvalue weighted by Crippen LogP contribution is -2.13. The maximum Gasteiger partial charge on any atom is 0.311 e. The Hall–Kier alpha value is -2.47. The van der Waals surface area contributed by atoms with Crippen molar-refractivity contribution in [3.05, 3.63) is 69.5 Å². The van der Waals surface area contributed by atoms with Crippen LogP contribution in [0.4, 0.5) is 10.1 Å². The Balaban J connectivity index is 2.00. The van der Waals surface area contributed by atoms with E-state index in [4.69, 9.17) is 4.74 Å². The first-order valence-electron chi connectivity index (χ1n) is 6.36. The summed E-state index contributed by atoms with van der Waals surface area (Å²) in [6, 6.07) is 11.1. The molecule has 0 amide bonds. The summed E-state index contributed by atoms with van der Waals surface area (Å²) in [4.78, 5) is 10.5. The van der Waals surface area contributed by atoms with E-state index in [1.54, 1.807) is 18.2 Å². The average Bonchev–Trinajstić information content (AvgIpc) is 2.47. The molecule has 21 heavy (non-hydrogen) atoms. The summed E-state index contributed by atoms with van der Waals surface area (Å²) in [5.41, 5.74) is 1.51. The van der Waals surface area contributed by atoms with Gasteiger partial charge in [0.25, 0.3) is 0 Å². The van der Waals surface area contributed by atoms with Crippen molar-refractivity contribution in [2.75, 3.05) is 7.11 Å². The molecule has 2 aromatic carbocycles. The molecular formula is C15H15FN2O3. The molecular weight excluding hydrogens is 275 g/mol. The largest absolute Gasteiger partial charge is 0.490 e. The van der Waals surface area contributed by atoms with Crippen molar-refractivity contribution < 1.29 is 14.1 Å². The number of ether oxygens (including phenoxy) is 1. The Bertz CT molecular complexity index is 647. The molecule has 6 heteroatoms. The van der Waals surface area contributed by atoms with E-state index >= 15 is 0 Å². The van der Waals surface area contributed by atoms with Gasteiger partial charge in [-0.15, -0.1) is 0 Å². The van der Waals surface area contributed by atoms with Crippen LogP contribution in [-0.4, -0.2) is 12.0 Å². The lowest BCUT2D eigenvalue weighted by atomic mass is 10.1. The Labute approximate surface area is 121 Å². The molecule has 0 unspecified atom stereocenters. The van der Waals surface area contributed by atoms with Gasteiger partial charge < -0.3 is 10.1 Å². The van der Waals surface area contributed by atoms with Crippen molar-refractivity contribution in [3.63, 3.8) is 0 Å². The highest BCUT2D eigenvalue weighted by atomic mass is 19.1. The molecule has 0 bridgehead atoms. The topological polar surface area (TPSA) is 64.4 Å². The molecule has 0 radical (unpaired) electrons. The standard InChI is InChI=1S/C15H15FN2O3/c1-21-15-6-5-12(8-14(15)18(19)20)10-17-9-11-3-2-4-13(16)7-11/h2-8,17H,9-10H2,1H3. The normalized spacial score (nSPS) is 10.4. The van der Waals surface area contributed by atoms with E-state index in [2.05, 4.69) is 5.32 Å². The van der Waals surface area contributed by atoms with Gasteiger partial charge in [-0.2, -0.15) is 0 Å². The number of benzene rings is 2. The fourth-order valence-corrected chi connectivity index (χ4v) is 1.99. The molecule has 0 saturated heterocycles. The average molecular weight is 290 g/mol. The number of nitrogens with one attached hydrogen (secondary N) is 1. The van der Waals surface area contributed by atoms with Gasteiger partial charge >= 0.3 is 5.69 Å². The number of hydrogen-bond donors (Lipinski definition) is 1. The SMILES string of the molecule is COc1ccc(CNCc2cccc(F)c2)cc1[N+](=O)[O-]. The van der Waals surface area contributed by atoms with Gasteiger partial charge in [-0.25, -0.2) is 4.39 Å². The van der Waals surface area contributed by atoms with Crippen LogP contribution in [-0.2, 0) is 13.1 Å². The molecule has 110 valence electrons. The Kier molecular flexibility index (Phi) is 4.84. The highest BCUT2D eigenvalue weighted by Gasteiger charge is 2.14. The van der Waals surface area contributed by atoms with Crippen LogP contribution < -0.4 is 10.1 Å². The number of methoxy groups -OCH3 is 1. The zero-order valence-electron chi connectivity index (χ0n) is 11.5. The van der Waals surface area contributed by atoms with Gasteiger partial charge in [-0.3, -0.25) is 10.1 Å². The first-order valence-corrected chi connectivity index (χ1v) is 6.36. The molecule has 1 N–H and O–H groups in total. The number of halogens is 1. The smallest absolute Gasteiger partial charge is 0.311 e. The van der Waals surface area contributed by atoms with Gasteiger partial charge in [0.2, 0.25) is 0 Å². The van der Waals surface area contributed by atoms with Crippen molar-refractivity contribution in [2.45, 2.75) is 13.1 Å². The Morgan fingerprint density at radius 1 is 1.19 bits per heavy atom. The summed E-state index contributed by atoms with van der Waals surface area (Å²) in [7, 11) is 1.39. The molecule has 2 aromatic rings. The van der Waals surface area contributed by atoms with E-state index in [0.717, 1.165) is 11.1 Å². The van der Waals surface area contributed by atoms with Crippen LogP contribution in [0.1, 0.15) is 11.1 Å².